The largest absolute Gasteiger partial charge is 0.388 e. The van der Waals surface area contributed by atoms with Crippen molar-refractivity contribution in [3.8, 4) is 0 Å². The molecule has 0 aliphatic carbocycles. The summed E-state index contributed by atoms with van der Waals surface area (Å²) < 4.78 is 14.5. The topological polar surface area (TPSA) is 20.2 Å². The van der Waals surface area contributed by atoms with Crippen molar-refractivity contribution in [1.82, 2.24) is 0 Å². The van der Waals surface area contributed by atoms with E-state index in [0.717, 1.165) is 3.57 Å². The number of aliphatic hydroxyl groups excluding tert-OH is 1. The fourth-order valence-corrected chi connectivity index (χ4v) is 2.46. The van der Waals surface area contributed by atoms with Gasteiger partial charge in [-0.1, -0.05) is 29.3 Å². The van der Waals surface area contributed by atoms with Crippen molar-refractivity contribution in [2.45, 2.75) is 12.5 Å². The van der Waals surface area contributed by atoms with Crippen LogP contribution in [0.4, 0.5) is 4.39 Å². The maximum Gasteiger partial charge on any atom is 0.126 e. The molecule has 0 saturated heterocycles. The first kappa shape index (κ1) is 15.0. The first-order chi connectivity index (χ1) is 8.97. The first-order valence-electron chi connectivity index (χ1n) is 5.54. The van der Waals surface area contributed by atoms with Crippen LogP contribution in [-0.4, -0.2) is 5.11 Å². The Bertz CT molecular complexity index is 604. The van der Waals surface area contributed by atoms with E-state index in [0.29, 0.717) is 21.2 Å². The SMILES string of the molecule is OC(Cc1cc(Cl)ccc1F)c1ccc(I)c(Cl)c1. The summed E-state index contributed by atoms with van der Waals surface area (Å²) in [5.74, 6) is -0.375. The fraction of sp³-hybridized carbons (Fsp3) is 0.143. The molecular formula is C14H10Cl2FIO. The second kappa shape index (κ2) is 6.39. The Morgan fingerprint density at radius 2 is 1.89 bits per heavy atom. The van der Waals surface area contributed by atoms with E-state index in [1.165, 1.54) is 18.2 Å². The maximum absolute atomic E-state index is 13.6. The van der Waals surface area contributed by atoms with Crippen LogP contribution in [0.25, 0.3) is 0 Å². The number of benzene rings is 2. The molecule has 0 aromatic heterocycles. The van der Waals surface area contributed by atoms with E-state index in [2.05, 4.69) is 22.6 Å². The predicted molar refractivity (Wildman–Crippen MR) is 84.2 cm³/mol. The van der Waals surface area contributed by atoms with Crippen molar-refractivity contribution < 1.29 is 9.50 Å². The minimum Gasteiger partial charge on any atom is -0.388 e. The number of hydrogen-bond acceptors (Lipinski definition) is 1. The van der Waals surface area contributed by atoms with Gasteiger partial charge in [0.05, 0.1) is 11.1 Å². The van der Waals surface area contributed by atoms with E-state index < -0.39 is 6.10 Å². The maximum atomic E-state index is 13.6. The smallest absolute Gasteiger partial charge is 0.126 e. The molecule has 2 aromatic rings. The van der Waals surface area contributed by atoms with Gasteiger partial charge in [-0.15, -0.1) is 0 Å². The third-order valence-electron chi connectivity index (χ3n) is 2.75. The Balaban J connectivity index is 2.22. The Morgan fingerprint density at radius 3 is 2.58 bits per heavy atom. The lowest BCUT2D eigenvalue weighted by Gasteiger charge is -2.13. The van der Waals surface area contributed by atoms with Crippen molar-refractivity contribution in [3.63, 3.8) is 0 Å². The third kappa shape index (κ3) is 3.81. The Hall–Kier alpha value is -0.360. The normalized spacial score (nSPS) is 12.5. The van der Waals surface area contributed by atoms with Gasteiger partial charge in [-0.05, 0) is 64.0 Å². The molecule has 1 atom stereocenters. The second-order valence-corrected chi connectivity index (χ2v) is 6.14. The summed E-state index contributed by atoms with van der Waals surface area (Å²) in [5, 5.41) is 11.2. The summed E-state index contributed by atoms with van der Waals surface area (Å²) in [5.41, 5.74) is 1.04. The molecule has 0 aliphatic heterocycles. The van der Waals surface area contributed by atoms with Gasteiger partial charge in [0.2, 0.25) is 0 Å². The molecule has 2 aromatic carbocycles. The monoisotopic (exact) mass is 410 g/mol. The third-order valence-corrected chi connectivity index (χ3v) is 4.56. The van der Waals surface area contributed by atoms with Crippen LogP contribution >= 0.6 is 45.8 Å². The first-order valence-corrected chi connectivity index (χ1v) is 7.38. The zero-order chi connectivity index (χ0) is 14.0. The number of rotatable bonds is 3. The van der Waals surface area contributed by atoms with Gasteiger partial charge in [-0.3, -0.25) is 0 Å². The molecule has 5 heteroatoms. The average molecular weight is 411 g/mol. The quantitative estimate of drug-likeness (QED) is 0.705. The minimum atomic E-state index is -0.817. The van der Waals surface area contributed by atoms with Crippen LogP contribution in [0.15, 0.2) is 36.4 Å². The lowest BCUT2D eigenvalue weighted by molar-refractivity contribution is 0.177. The van der Waals surface area contributed by atoms with Crippen LogP contribution in [0.3, 0.4) is 0 Å². The van der Waals surface area contributed by atoms with E-state index in [4.69, 9.17) is 23.2 Å². The summed E-state index contributed by atoms with van der Waals surface area (Å²) in [7, 11) is 0. The van der Waals surface area contributed by atoms with Gasteiger partial charge in [0.1, 0.15) is 5.82 Å². The van der Waals surface area contributed by atoms with E-state index in [1.54, 1.807) is 12.1 Å². The molecule has 1 nitrogen and oxygen atoms in total. The van der Waals surface area contributed by atoms with Crippen LogP contribution in [0, 0.1) is 9.39 Å². The number of hydrogen-bond donors (Lipinski definition) is 1. The number of aliphatic hydroxyl groups is 1. The molecule has 0 aliphatic rings. The van der Waals surface area contributed by atoms with Crippen molar-refractivity contribution in [2.24, 2.45) is 0 Å². The lowest BCUT2D eigenvalue weighted by atomic mass is 10.0. The molecule has 0 spiro atoms. The zero-order valence-electron chi connectivity index (χ0n) is 9.71. The molecular weight excluding hydrogens is 401 g/mol. The number of halogens is 4. The molecule has 0 heterocycles. The molecule has 1 unspecified atom stereocenters. The van der Waals surface area contributed by atoms with Crippen LogP contribution < -0.4 is 0 Å². The highest BCUT2D eigenvalue weighted by Crippen LogP contribution is 2.26. The molecule has 100 valence electrons. The summed E-state index contributed by atoms with van der Waals surface area (Å²) in [6, 6.07) is 9.58. The highest BCUT2D eigenvalue weighted by atomic mass is 127. The summed E-state index contributed by atoms with van der Waals surface area (Å²) in [6.45, 7) is 0. The van der Waals surface area contributed by atoms with Gasteiger partial charge >= 0.3 is 0 Å². The summed E-state index contributed by atoms with van der Waals surface area (Å²) in [6.07, 6.45) is -0.661. The second-order valence-electron chi connectivity index (χ2n) is 4.13. The predicted octanol–water partition coefficient (Wildman–Crippen LogP) is 5.01. The average Bonchev–Trinajstić information content (AvgIpc) is 2.37. The van der Waals surface area contributed by atoms with E-state index in [1.807, 2.05) is 6.07 Å². The molecule has 19 heavy (non-hydrogen) atoms. The highest BCUT2D eigenvalue weighted by Gasteiger charge is 2.13. The zero-order valence-corrected chi connectivity index (χ0v) is 13.4. The Kier molecular flexibility index (Phi) is 5.06. The minimum absolute atomic E-state index is 0.156. The molecule has 0 radical (unpaired) electrons. The summed E-state index contributed by atoms with van der Waals surface area (Å²) in [4.78, 5) is 0. The molecule has 2 rings (SSSR count). The van der Waals surface area contributed by atoms with Crippen LogP contribution in [0.1, 0.15) is 17.2 Å². The van der Waals surface area contributed by atoms with Gasteiger partial charge in [-0.25, -0.2) is 4.39 Å². The van der Waals surface area contributed by atoms with Crippen LogP contribution in [0.5, 0.6) is 0 Å². The van der Waals surface area contributed by atoms with Crippen molar-refractivity contribution in [1.29, 1.82) is 0 Å². The van der Waals surface area contributed by atoms with Gasteiger partial charge in [0, 0.05) is 15.0 Å². The van der Waals surface area contributed by atoms with Crippen molar-refractivity contribution >= 4 is 45.8 Å². The van der Waals surface area contributed by atoms with Gasteiger partial charge in [0.25, 0.3) is 0 Å². The molecule has 0 amide bonds. The molecule has 0 fully saturated rings. The Labute approximate surface area is 134 Å². The molecule has 0 bridgehead atoms. The molecule has 0 saturated carbocycles. The van der Waals surface area contributed by atoms with Gasteiger partial charge in [0.15, 0.2) is 0 Å². The standard InChI is InChI=1S/C14H10Cl2FIO/c15-10-2-3-12(17)9(5-10)7-14(19)8-1-4-13(18)11(16)6-8/h1-6,14,19H,7H2. The lowest BCUT2D eigenvalue weighted by Crippen LogP contribution is -2.04. The highest BCUT2D eigenvalue weighted by molar-refractivity contribution is 14.1. The fourth-order valence-electron chi connectivity index (χ4n) is 1.75. The van der Waals surface area contributed by atoms with E-state index >= 15 is 0 Å². The van der Waals surface area contributed by atoms with E-state index in [-0.39, 0.29) is 12.2 Å². The van der Waals surface area contributed by atoms with Crippen molar-refractivity contribution in [3.05, 3.63) is 67.0 Å². The van der Waals surface area contributed by atoms with Crippen LogP contribution in [-0.2, 0) is 6.42 Å². The Morgan fingerprint density at radius 1 is 1.16 bits per heavy atom. The van der Waals surface area contributed by atoms with Gasteiger partial charge in [-0.2, -0.15) is 0 Å². The molecule has 1 N–H and O–H groups in total. The summed E-state index contributed by atoms with van der Waals surface area (Å²) >= 11 is 13.9. The van der Waals surface area contributed by atoms with Crippen LogP contribution in [0.2, 0.25) is 10.0 Å². The van der Waals surface area contributed by atoms with Crippen molar-refractivity contribution in [2.75, 3.05) is 0 Å². The van der Waals surface area contributed by atoms with E-state index in [9.17, 15) is 9.50 Å². The van der Waals surface area contributed by atoms with Gasteiger partial charge < -0.3 is 5.11 Å².